The first kappa shape index (κ1) is 16.0. The molecule has 0 spiro atoms. The first-order chi connectivity index (χ1) is 9.83. The van der Waals surface area contributed by atoms with E-state index in [0.29, 0.717) is 24.5 Å². The third kappa shape index (κ3) is 3.63. The summed E-state index contributed by atoms with van der Waals surface area (Å²) in [7, 11) is -4.77. The molecule has 2 heterocycles. The van der Waals surface area contributed by atoms with E-state index in [1.165, 1.54) is 4.90 Å². The summed E-state index contributed by atoms with van der Waals surface area (Å²) in [6, 6.07) is -1.99. The summed E-state index contributed by atoms with van der Waals surface area (Å²) in [5, 5.41) is 0.606. The van der Waals surface area contributed by atoms with Crippen molar-refractivity contribution in [2.24, 2.45) is 0 Å². The molecule has 1 N–H and O–H groups in total. The van der Waals surface area contributed by atoms with Crippen molar-refractivity contribution in [3.8, 4) is 0 Å². The van der Waals surface area contributed by atoms with E-state index in [1.54, 1.807) is 0 Å². The number of urea groups is 1. The second-order valence-corrected chi connectivity index (χ2v) is 6.04. The topological polar surface area (TPSA) is 113 Å². The lowest BCUT2D eigenvalue weighted by Gasteiger charge is -2.28. The molecule has 0 aromatic rings. The summed E-state index contributed by atoms with van der Waals surface area (Å²) in [6.45, 7) is 2.43. The second kappa shape index (κ2) is 6.16. The Morgan fingerprint density at radius 3 is 2.76 bits per heavy atom. The molecule has 2 atom stereocenters. The van der Waals surface area contributed by atoms with Crippen molar-refractivity contribution >= 4 is 22.4 Å². The smallest absolute Gasteiger partial charge is 0.418 e. The molecule has 2 bridgehead atoms. The average molecular weight is 322 g/mol. The number of amides is 2. The Kier molecular flexibility index (Phi) is 4.69. The Morgan fingerprint density at radius 2 is 2.14 bits per heavy atom. The van der Waals surface area contributed by atoms with Crippen LogP contribution in [0.3, 0.4) is 0 Å². The van der Waals surface area contributed by atoms with E-state index in [9.17, 15) is 18.0 Å². The van der Waals surface area contributed by atoms with E-state index in [4.69, 9.17) is 9.29 Å². The van der Waals surface area contributed by atoms with Gasteiger partial charge in [-0.15, -0.1) is 4.28 Å². The van der Waals surface area contributed by atoms with Gasteiger partial charge in [0, 0.05) is 6.54 Å². The van der Waals surface area contributed by atoms with Gasteiger partial charge >= 0.3 is 22.4 Å². The standard InChI is InChI=1S/C11H18N2O7S/c1-2-3-6-19-10(14)9-5-4-8-7-12(9)11(15)13(8)20-21(16,17)18/h8-9H,2-7H2,1H3,(H,16,17,18)/t8-,9+/m0/s1. The number of hydroxylamine groups is 2. The number of ether oxygens (including phenoxy) is 1. The summed E-state index contributed by atoms with van der Waals surface area (Å²) in [5.41, 5.74) is 0. The summed E-state index contributed by atoms with van der Waals surface area (Å²) in [4.78, 5) is 25.2. The van der Waals surface area contributed by atoms with Gasteiger partial charge in [0.15, 0.2) is 0 Å². The van der Waals surface area contributed by atoms with E-state index in [2.05, 4.69) is 4.28 Å². The van der Waals surface area contributed by atoms with Gasteiger partial charge in [-0.25, -0.2) is 9.59 Å². The van der Waals surface area contributed by atoms with Crippen molar-refractivity contribution in [2.75, 3.05) is 13.2 Å². The van der Waals surface area contributed by atoms with E-state index in [-0.39, 0.29) is 6.54 Å². The molecular formula is C11H18N2O7S. The minimum Gasteiger partial charge on any atom is -0.464 e. The molecule has 0 aliphatic carbocycles. The molecule has 2 saturated heterocycles. The normalized spacial score (nSPS) is 25.3. The highest BCUT2D eigenvalue weighted by atomic mass is 32.3. The maximum absolute atomic E-state index is 12.1. The van der Waals surface area contributed by atoms with Crippen molar-refractivity contribution in [3.05, 3.63) is 0 Å². The largest absolute Gasteiger partial charge is 0.464 e. The first-order valence-corrected chi connectivity index (χ1v) is 8.13. The number of hydrogen-bond acceptors (Lipinski definition) is 6. The van der Waals surface area contributed by atoms with Gasteiger partial charge in [0.25, 0.3) is 0 Å². The van der Waals surface area contributed by atoms with Gasteiger partial charge in [-0.3, -0.25) is 4.55 Å². The van der Waals surface area contributed by atoms with Gasteiger partial charge in [-0.2, -0.15) is 13.5 Å². The van der Waals surface area contributed by atoms with Crippen LogP contribution in [0.5, 0.6) is 0 Å². The molecule has 120 valence electrons. The Balaban J connectivity index is 2.01. The molecule has 2 rings (SSSR count). The summed E-state index contributed by atoms with van der Waals surface area (Å²) in [6.07, 6.45) is 2.39. The van der Waals surface area contributed by atoms with Crippen LogP contribution in [-0.2, 0) is 24.2 Å². The third-order valence-corrected chi connectivity index (χ3v) is 3.86. The number of esters is 1. The maximum atomic E-state index is 12.1. The molecule has 2 fully saturated rings. The van der Waals surface area contributed by atoms with Crippen LogP contribution in [0.1, 0.15) is 32.6 Å². The summed E-state index contributed by atoms with van der Waals surface area (Å²) >= 11 is 0. The predicted molar refractivity (Wildman–Crippen MR) is 69.3 cm³/mol. The lowest BCUT2D eigenvalue weighted by atomic mass is 10.0. The zero-order valence-electron chi connectivity index (χ0n) is 11.6. The fourth-order valence-electron chi connectivity index (χ4n) is 2.49. The van der Waals surface area contributed by atoms with Crippen molar-refractivity contribution in [1.29, 1.82) is 0 Å². The quantitative estimate of drug-likeness (QED) is 0.426. The van der Waals surface area contributed by atoms with Crippen molar-refractivity contribution in [2.45, 2.75) is 44.7 Å². The van der Waals surface area contributed by atoms with E-state index in [0.717, 1.165) is 12.8 Å². The van der Waals surface area contributed by atoms with Crippen molar-refractivity contribution < 1.29 is 31.6 Å². The van der Waals surface area contributed by atoms with Crippen LogP contribution in [0.15, 0.2) is 0 Å². The Bertz CT molecular complexity index is 521. The molecule has 0 aromatic heterocycles. The highest BCUT2D eigenvalue weighted by Gasteiger charge is 2.49. The van der Waals surface area contributed by atoms with E-state index >= 15 is 0 Å². The predicted octanol–water partition coefficient (Wildman–Crippen LogP) is 0.333. The lowest BCUT2D eigenvalue weighted by molar-refractivity contribution is -0.149. The third-order valence-electron chi connectivity index (χ3n) is 3.51. The maximum Gasteiger partial charge on any atom is 0.418 e. The lowest BCUT2D eigenvalue weighted by Crippen LogP contribution is -2.45. The number of fused-ring (bicyclic) bond motifs is 2. The van der Waals surface area contributed by atoms with E-state index in [1.807, 2.05) is 6.92 Å². The van der Waals surface area contributed by atoms with Crippen LogP contribution < -0.4 is 0 Å². The number of unbranched alkanes of at least 4 members (excludes halogenated alkanes) is 1. The molecule has 0 saturated carbocycles. The molecule has 2 aliphatic heterocycles. The molecule has 0 aromatic carbocycles. The SMILES string of the molecule is CCCCOC(=O)[C@H]1CC[C@H]2CN1C(=O)N2OS(=O)(=O)O. The van der Waals surface area contributed by atoms with Crippen LogP contribution in [0.25, 0.3) is 0 Å². The van der Waals surface area contributed by atoms with Crippen molar-refractivity contribution in [3.63, 3.8) is 0 Å². The number of carbonyl (C=O) groups is 2. The number of rotatable bonds is 6. The van der Waals surface area contributed by atoms with Crippen LogP contribution in [0.4, 0.5) is 4.79 Å². The minimum absolute atomic E-state index is 0.169. The molecule has 10 heteroatoms. The molecule has 21 heavy (non-hydrogen) atoms. The first-order valence-electron chi connectivity index (χ1n) is 6.77. The second-order valence-electron chi connectivity index (χ2n) is 5.03. The van der Waals surface area contributed by atoms with Gasteiger partial charge in [-0.05, 0) is 19.3 Å². The van der Waals surface area contributed by atoms with Crippen molar-refractivity contribution in [1.82, 2.24) is 9.96 Å². The highest BCUT2D eigenvalue weighted by molar-refractivity contribution is 7.80. The van der Waals surface area contributed by atoms with Gasteiger partial charge in [-0.1, -0.05) is 13.3 Å². The van der Waals surface area contributed by atoms with Crippen LogP contribution in [-0.4, -0.2) is 60.2 Å². The number of carbonyl (C=O) groups excluding carboxylic acids is 2. The Morgan fingerprint density at radius 1 is 1.43 bits per heavy atom. The Hall–Kier alpha value is -1.39. The molecular weight excluding hydrogens is 304 g/mol. The van der Waals surface area contributed by atoms with Crippen LogP contribution >= 0.6 is 0 Å². The number of hydrogen-bond donors (Lipinski definition) is 1. The molecule has 0 unspecified atom stereocenters. The zero-order chi connectivity index (χ0) is 15.6. The molecule has 0 radical (unpaired) electrons. The van der Waals surface area contributed by atoms with Crippen LogP contribution in [0, 0.1) is 0 Å². The summed E-state index contributed by atoms with van der Waals surface area (Å²) < 4.78 is 39.5. The average Bonchev–Trinajstić information content (AvgIpc) is 2.63. The fourth-order valence-corrected chi connectivity index (χ4v) is 2.88. The minimum atomic E-state index is -4.77. The number of piperidine rings is 1. The number of nitrogens with zero attached hydrogens (tertiary/aromatic N) is 2. The van der Waals surface area contributed by atoms with E-state index < -0.39 is 34.5 Å². The molecule has 2 amide bonds. The van der Waals surface area contributed by atoms with Crippen LogP contribution in [0.2, 0.25) is 0 Å². The Labute approximate surface area is 122 Å². The molecule has 9 nitrogen and oxygen atoms in total. The highest BCUT2D eigenvalue weighted by Crippen LogP contribution is 2.31. The zero-order valence-corrected chi connectivity index (χ0v) is 12.4. The monoisotopic (exact) mass is 322 g/mol. The van der Waals surface area contributed by atoms with Gasteiger partial charge in [0.1, 0.15) is 6.04 Å². The summed E-state index contributed by atoms with van der Waals surface area (Å²) in [5.74, 6) is -0.496. The van der Waals surface area contributed by atoms with Gasteiger partial charge in [0.05, 0.1) is 12.6 Å². The van der Waals surface area contributed by atoms with Gasteiger partial charge in [0.2, 0.25) is 0 Å². The van der Waals surface area contributed by atoms with Gasteiger partial charge < -0.3 is 9.64 Å². The fraction of sp³-hybridized carbons (Fsp3) is 0.818. The molecule has 2 aliphatic rings.